The van der Waals surface area contributed by atoms with Crippen LogP contribution < -0.4 is 15.4 Å². The summed E-state index contributed by atoms with van der Waals surface area (Å²) >= 11 is 0. The van der Waals surface area contributed by atoms with Crippen molar-refractivity contribution < 1.29 is 27.6 Å². The van der Waals surface area contributed by atoms with Gasteiger partial charge in [-0.2, -0.15) is 0 Å². The molecular formula is C42H56N4O6S. The highest BCUT2D eigenvalue weighted by molar-refractivity contribution is 7.89. The summed E-state index contributed by atoms with van der Waals surface area (Å²) in [5.41, 5.74) is 2.82. The van der Waals surface area contributed by atoms with E-state index in [4.69, 9.17) is 0 Å². The van der Waals surface area contributed by atoms with E-state index >= 15 is 0 Å². The van der Waals surface area contributed by atoms with Crippen molar-refractivity contribution in [3.05, 3.63) is 107 Å². The van der Waals surface area contributed by atoms with Gasteiger partial charge in [-0.25, -0.2) is 13.1 Å². The minimum atomic E-state index is -3.96. The molecule has 3 amide bonds. The Morgan fingerprint density at radius 3 is 1.79 bits per heavy atom. The van der Waals surface area contributed by atoms with Crippen LogP contribution in [0.25, 0.3) is 11.1 Å². The Kier molecular flexibility index (Phi) is 14.1. The molecular weight excluding hydrogens is 689 g/mol. The van der Waals surface area contributed by atoms with E-state index < -0.39 is 44.9 Å². The number of nitrogens with one attached hydrogen (secondary N) is 3. The van der Waals surface area contributed by atoms with Crippen LogP contribution in [0, 0.1) is 11.3 Å². The van der Waals surface area contributed by atoms with Gasteiger partial charge in [0.2, 0.25) is 21.8 Å². The Labute approximate surface area is 315 Å². The van der Waals surface area contributed by atoms with Crippen molar-refractivity contribution in [2.24, 2.45) is 11.3 Å². The van der Waals surface area contributed by atoms with Gasteiger partial charge >= 0.3 is 0 Å². The van der Waals surface area contributed by atoms with Crippen LogP contribution in [0.15, 0.2) is 90.5 Å². The van der Waals surface area contributed by atoms with E-state index in [1.807, 2.05) is 84.9 Å². The normalized spacial score (nSPS) is 14.2. The van der Waals surface area contributed by atoms with Gasteiger partial charge < -0.3 is 15.5 Å². The third kappa shape index (κ3) is 11.2. The Bertz CT molecular complexity index is 1900. The number of ketones is 1. The molecule has 0 spiro atoms. The fourth-order valence-corrected chi connectivity index (χ4v) is 7.48. The quantitative estimate of drug-likeness (QED) is 0.128. The molecule has 0 bridgehead atoms. The highest BCUT2D eigenvalue weighted by atomic mass is 32.2. The van der Waals surface area contributed by atoms with E-state index in [2.05, 4.69) is 15.4 Å². The lowest BCUT2D eigenvalue weighted by Gasteiger charge is -2.40. The minimum Gasteiger partial charge on any atom is -0.342 e. The Hall–Kier alpha value is -4.61. The molecule has 3 aromatic carbocycles. The molecule has 3 unspecified atom stereocenters. The second-order valence-corrected chi connectivity index (χ2v) is 17.4. The number of likely N-dealkylation sites (N-methyl/N-ethyl adjacent to an activating group) is 2. The van der Waals surface area contributed by atoms with Crippen LogP contribution in [0.2, 0.25) is 0 Å². The fourth-order valence-electron chi connectivity index (χ4n) is 6.34. The van der Waals surface area contributed by atoms with Crippen molar-refractivity contribution >= 4 is 33.5 Å². The van der Waals surface area contributed by atoms with Gasteiger partial charge in [-0.3, -0.25) is 19.2 Å². The molecule has 0 aromatic heterocycles. The number of sulfonamides is 1. The average molecular weight is 745 g/mol. The molecule has 0 saturated carbocycles. The first-order valence-corrected chi connectivity index (χ1v) is 19.5. The van der Waals surface area contributed by atoms with Gasteiger partial charge in [0.25, 0.3) is 5.91 Å². The van der Waals surface area contributed by atoms with Gasteiger partial charge in [-0.05, 0) is 54.5 Å². The molecule has 3 aromatic rings. The lowest BCUT2D eigenvalue weighted by Crippen LogP contribution is -2.61. The van der Waals surface area contributed by atoms with E-state index in [1.54, 1.807) is 62.6 Å². The van der Waals surface area contributed by atoms with Crippen LogP contribution in [0.5, 0.6) is 0 Å². The predicted octanol–water partition coefficient (Wildman–Crippen LogP) is 6.03. The van der Waals surface area contributed by atoms with E-state index in [-0.39, 0.29) is 34.8 Å². The Morgan fingerprint density at radius 1 is 0.792 bits per heavy atom. The maximum atomic E-state index is 14.3. The first-order chi connectivity index (χ1) is 24.6. The molecule has 3 atom stereocenters. The number of benzene rings is 3. The van der Waals surface area contributed by atoms with Gasteiger partial charge in [0, 0.05) is 23.6 Å². The first kappa shape index (κ1) is 42.8. The van der Waals surface area contributed by atoms with Gasteiger partial charge in [0.1, 0.15) is 6.04 Å². The molecule has 0 fully saturated rings. The lowest BCUT2D eigenvalue weighted by molar-refractivity contribution is -0.140. The second-order valence-electron chi connectivity index (χ2n) is 15.7. The number of amides is 3. The number of carbonyl (C=O) groups excluding carboxylic acids is 4. The Balaban J connectivity index is 1.81. The smallest absolute Gasteiger partial charge is 0.260 e. The summed E-state index contributed by atoms with van der Waals surface area (Å²) < 4.78 is 27.6. The number of hydrogen-bond donors (Lipinski definition) is 3. The van der Waals surface area contributed by atoms with Crippen molar-refractivity contribution in [1.29, 1.82) is 0 Å². The third-order valence-corrected chi connectivity index (χ3v) is 10.8. The molecule has 3 rings (SSSR count). The zero-order valence-corrected chi connectivity index (χ0v) is 33.7. The summed E-state index contributed by atoms with van der Waals surface area (Å²) in [4.78, 5) is 54.6. The highest BCUT2D eigenvalue weighted by Crippen LogP contribution is 2.31. The zero-order chi connectivity index (χ0) is 39.9. The van der Waals surface area contributed by atoms with E-state index in [0.29, 0.717) is 11.1 Å². The second kappa shape index (κ2) is 17.5. The van der Waals surface area contributed by atoms with Crippen LogP contribution in [0.4, 0.5) is 0 Å². The molecule has 0 aliphatic rings. The maximum Gasteiger partial charge on any atom is 0.260 e. The summed E-state index contributed by atoms with van der Waals surface area (Å²) in [6.07, 6.45) is 1.60. The summed E-state index contributed by atoms with van der Waals surface area (Å²) in [6, 6.07) is 21.7. The van der Waals surface area contributed by atoms with Crippen LogP contribution in [0.1, 0.15) is 83.8 Å². The number of hydrogen-bond acceptors (Lipinski definition) is 7. The van der Waals surface area contributed by atoms with Crippen LogP contribution in [-0.4, -0.2) is 69.0 Å². The highest BCUT2D eigenvalue weighted by Gasteiger charge is 2.41. The maximum absolute atomic E-state index is 14.3. The standard InChI is InChI=1S/C42H56N4O6S/c1-27(2)35(25-28(3)38(48)45-53(51,52)26-30-15-13-12-14-16-30)46(11)40(50)37(41(5,6)7)44-39(49)36(43-10)42(8,9)34-23-21-33(22-24-34)32-19-17-31(18-20-32)29(4)47/h12-25,27,35-37,43H,26H2,1-11H3,(H,44,49)(H,45,48). The SMILES string of the molecule is CNC(C(=O)NC(C(=O)N(C)C(C=C(C)C(=O)NS(=O)(=O)Cc1ccccc1)C(C)C)C(C)(C)C)C(C)(C)c1ccc(-c2ccc(C(C)=O)cc2)cc1. The van der Waals surface area contributed by atoms with Crippen molar-refractivity contribution in [2.75, 3.05) is 14.1 Å². The molecule has 286 valence electrons. The number of carbonyl (C=O) groups is 4. The molecule has 0 radical (unpaired) electrons. The van der Waals surface area contributed by atoms with Crippen molar-refractivity contribution in [3.8, 4) is 11.1 Å². The molecule has 0 aliphatic carbocycles. The molecule has 0 aliphatic heterocycles. The van der Waals surface area contributed by atoms with Gasteiger partial charge in [-0.1, -0.05) is 133 Å². The summed E-state index contributed by atoms with van der Waals surface area (Å²) in [7, 11) is -0.626. The van der Waals surface area contributed by atoms with Crippen molar-refractivity contribution in [3.63, 3.8) is 0 Å². The average Bonchev–Trinajstić information content (AvgIpc) is 3.08. The summed E-state index contributed by atoms with van der Waals surface area (Å²) in [5, 5.41) is 6.21. The number of Topliss-reactive ketones (excluding diaryl/α,β-unsaturated/α-hetero) is 1. The molecule has 0 saturated heterocycles. The molecule has 3 N–H and O–H groups in total. The van der Waals surface area contributed by atoms with Crippen LogP contribution in [-0.2, 0) is 35.6 Å². The van der Waals surface area contributed by atoms with Crippen LogP contribution >= 0.6 is 0 Å². The lowest BCUT2D eigenvalue weighted by atomic mass is 9.76. The zero-order valence-electron chi connectivity index (χ0n) is 32.9. The van der Waals surface area contributed by atoms with Gasteiger partial charge in [0.05, 0.1) is 17.8 Å². The molecule has 11 heteroatoms. The van der Waals surface area contributed by atoms with Crippen molar-refractivity contribution in [2.45, 2.75) is 91.6 Å². The third-order valence-electron chi connectivity index (χ3n) is 9.63. The monoisotopic (exact) mass is 744 g/mol. The number of nitrogens with zero attached hydrogens (tertiary/aromatic N) is 1. The number of rotatable bonds is 15. The van der Waals surface area contributed by atoms with E-state index in [9.17, 15) is 27.6 Å². The van der Waals surface area contributed by atoms with Crippen LogP contribution in [0.3, 0.4) is 0 Å². The van der Waals surface area contributed by atoms with Gasteiger partial charge in [0.15, 0.2) is 5.78 Å². The van der Waals surface area contributed by atoms with Gasteiger partial charge in [-0.15, -0.1) is 0 Å². The predicted molar refractivity (Wildman–Crippen MR) is 212 cm³/mol. The van der Waals surface area contributed by atoms with E-state index in [1.165, 1.54) is 18.7 Å². The summed E-state index contributed by atoms with van der Waals surface area (Å²) in [5.74, 6) is -1.96. The largest absolute Gasteiger partial charge is 0.342 e. The Morgan fingerprint density at radius 2 is 1.32 bits per heavy atom. The first-order valence-electron chi connectivity index (χ1n) is 17.8. The van der Waals surface area contributed by atoms with Crippen molar-refractivity contribution in [1.82, 2.24) is 20.3 Å². The van der Waals surface area contributed by atoms with E-state index in [0.717, 1.165) is 16.7 Å². The molecule has 53 heavy (non-hydrogen) atoms. The fraction of sp³-hybridized carbons (Fsp3) is 0.429. The topological polar surface area (TPSA) is 142 Å². The minimum absolute atomic E-state index is 0.00744. The summed E-state index contributed by atoms with van der Waals surface area (Å²) in [6.45, 7) is 16.4. The molecule has 10 nitrogen and oxygen atoms in total. The molecule has 0 heterocycles.